The molecule has 4 rings (SSSR count). The van der Waals surface area contributed by atoms with E-state index in [-0.39, 0.29) is 12.3 Å². The molecule has 0 bridgehead atoms. The van der Waals surface area contributed by atoms with E-state index >= 15 is 0 Å². The summed E-state index contributed by atoms with van der Waals surface area (Å²) in [6.45, 7) is 5.24. The first-order valence-corrected chi connectivity index (χ1v) is 12.8. The van der Waals surface area contributed by atoms with Gasteiger partial charge in [0.1, 0.15) is 18.5 Å². The lowest BCUT2D eigenvalue weighted by Gasteiger charge is -2.17. The summed E-state index contributed by atoms with van der Waals surface area (Å²) in [7, 11) is 0. The molecule has 1 aliphatic carbocycles. The number of carbonyl (C=O) groups is 1. The van der Waals surface area contributed by atoms with E-state index < -0.39 is 24.2 Å². The standard InChI is InChI=1S/C23H31N7O4S/c1-3-12-35-23-26-20(25-10-11-34-14-8-6-5-7-9-14)17-21(27-23)30(29-28-17)16-13-15(18(31)19(16)32)22(33)24-4-2/h5-9,15-16,18-19,31-32H,3-4,10-13H2,1-2H3,(H,24,33)(H,25,26,27)/t15-,16?,18?,19?/m0/s1. The minimum atomic E-state index is -1.20. The Labute approximate surface area is 207 Å². The van der Waals surface area contributed by atoms with Crippen LogP contribution in [-0.2, 0) is 4.79 Å². The van der Waals surface area contributed by atoms with Crippen molar-refractivity contribution in [3.8, 4) is 5.75 Å². The molecule has 0 saturated heterocycles. The van der Waals surface area contributed by atoms with E-state index in [1.165, 1.54) is 16.4 Å². The Bertz CT molecular complexity index is 1130. The van der Waals surface area contributed by atoms with Gasteiger partial charge < -0.3 is 25.6 Å². The highest BCUT2D eigenvalue weighted by atomic mass is 32.2. The molecule has 1 aliphatic rings. The predicted octanol–water partition coefficient (Wildman–Crippen LogP) is 1.63. The van der Waals surface area contributed by atoms with Crippen molar-refractivity contribution in [1.29, 1.82) is 0 Å². The number of aromatic nitrogens is 5. The molecule has 188 valence electrons. The Balaban J connectivity index is 1.57. The molecular formula is C23H31N7O4S. The number of hydrogen-bond donors (Lipinski definition) is 4. The summed E-state index contributed by atoms with van der Waals surface area (Å²) in [6, 6.07) is 8.90. The molecule has 35 heavy (non-hydrogen) atoms. The number of thioether (sulfide) groups is 1. The number of benzene rings is 1. The zero-order valence-electron chi connectivity index (χ0n) is 19.8. The van der Waals surface area contributed by atoms with Crippen LogP contribution < -0.4 is 15.4 Å². The topological polar surface area (TPSA) is 147 Å². The molecule has 1 amide bonds. The van der Waals surface area contributed by atoms with E-state index in [0.717, 1.165) is 17.9 Å². The van der Waals surface area contributed by atoms with Gasteiger partial charge in [-0.05, 0) is 31.9 Å². The van der Waals surface area contributed by atoms with Crippen LogP contribution in [0.5, 0.6) is 5.75 Å². The number of aliphatic hydroxyl groups is 2. The fourth-order valence-corrected chi connectivity index (χ4v) is 4.78. The van der Waals surface area contributed by atoms with Gasteiger partial charge in [-0.15, -0.1) is 5.10 Å². The van der Waals surface area contributed by atoms with Crippen molar-refractivity contribution in [3.63, 3.8) is 0 Å². The van der Waals surface area contributed by atoms with Gasteiger partial charge in [0.25, 0.3) is 0 Å². The largest absolute Gasteiger partial charge is 0.492 e. The van der Waals surface area contributed by atoms with Gasteiger partial charge in [0.15, 0.2) is 22.1 Å². The van der Waals surface area contributed by atoms with Gasteiger partial charge in [0, 0.05) is 12.3 Å². The zero-order valence-corrected chi connectivity index (χ0v) is 20.6. The average Bonchev–Trinajstić information content (AvgIpc) is 3.42. The van der Waals surface area contributed by atoms with Gasteiger partial charge in [0.2, 0.25) is 5.91 Å². The second-order valence-electron chi connectivity index (χ2n) is 8.28. The fraction of sp³-hybridized carbons (Fsp3) is 0.522. The number of nitrogens with one attached hydrogen (secondary N) is 2. The van der Waals surface area contributed by atoms with E-state index in [1.54, 1.807) is 0 Å². The lowest BCUT2D eigenvalue weighted by atomic mass is 10.0. The van der Waals surface area contributed by atoms with Crippen molar-refractivity contribution < 1.29 is 19.7 Å². The molecule has 4 atom stereocenters. The molecule has 3 aromatic rings. The van der Waals surface area contributed by atoms with Crippen LogP contribution in [0, 0.1) is 5.92 Å². The molecule has 0 radical (unpaired) electrons. The Kier molecular flexibility index (Phi) is 8.37. The third-order valence-electron chi connectivity index (χ3n) is 5.80. The van der Waals surface area contributed by atoms with Crippen LogP contribution in [0.15, 0.2) is 35.5 Å². The first-order chi connectivity index (χ1) is 17.0. The molecule has 2 aromatic heterocycles. The second kappa shape index (κ2) is 11.6. The number of hydrogen-bond acceptors (Lipinski definition) is 10. The van der Waals surface area contributed by atoms with E-state index in [9.17, 15) is 15.0 Å². The number of ether oxygens (including phenoxy) is 1. The van der Waals surface area contributed by atoms with Crippen molar-refractivity contribution in [2.45, 2.75) is 50.1 Å². The fourth-order valence-electron chi connectivity index (χ4n) is 4.09. The smallest absolute Gasteiger partial charge is 0.225 e. The Morgan fingerprint density at radius 2 is 2.00 bits per heavy atom. The normalized spacial score (nSPS) is 21.8. The van der Waals surface area contributed by atoms with Crippen molar-refractivity contribution in [2.24, 2.45) is 5.92 Å². The Morgan fingerprint density at radius 1 is 1.20 bits per heavy atom. The van der Waals surface area contributed by atoms with E-state index in [0.29, 0.717) is 41.8 Å². The number of anilines is 1. The monoisotopic (exact) mass is 501 g/mol. The maximum atomic E-state index is 12.4. The van der Waals surface area contributed by atoms with Crippen molar-refractivity contribution in [3.05, 3.63) is 30.3 Å². The van der Waals surface area contributed by atoms with Gasteiger partial charge in [-0.3, -0.25) is 4.79 Å². The summed E-state index contributed by atoms with van der Waals surface area (Å²) in [5.41, 5.74) is 0.895. The van der Waals surface area contributed by atoms with Crippen LogP contribution in [0.2, 0.25) is 0 Å². The highest BCUT2D eigenvalue weighted by molar-refractivity contribution is 7.99. The molecule has 1 fully saturated rings. The molecule has 3 unspecified atom stereocenters. The number of amides is 1. The van der Waals surface area contributed by atoms with Gasteiger partial charge in [-0.1, -0.05) is 42.1 Å². The molecule has 0 aliphatic heterocycles. The summed E-state index contributed by atoms with van der Waals surface area (Å²) in [5.74, 6) is 1.11. The average molecular weight is 502 g/mol. The van der Waals surface area contributed by atoms with Crippen molar-refractivity contribution >= 4 is 34.7 Å². The quantitative estimate of drug-likeness (QED) is 0.174. The number of aliphatic hydroxyl groups excluding tert-OH is 2. The number of carbonyl (C=O) groups excluding carboxylic acids is 1. The van der Waals surface area contributed by atoms with Gasteiger partial charge in [0.05, 0.1) is 24.6 Å². The SMILES string of the molecule is CCCSc1nc(NCCOc2ccccc2)c2nnn(C3C[C@H](C(=O)NCC)C(O)C3O)c2n1. The molecule has 0 spiro atoms. The maximum Gasteiger partial charge on any atom is 0.225 e. The molecular weight excluding hydrogens is 470 g/mol. The van der Waals surface area contributed by atoms with Crippen LogP contribution in [-0.4, -0.2) is 78.7 Å². The van der Waals surface area contributed by atoms with Crippen LogP contribution in [0.3, 0.4) is 0 Å². The minimum absolute atomic E-state index is 0.224. The Morgan fingerprint density at radius 3 is 2.74 bits per heavy atom. The first kappa shape index (κ1) is 25.1. The number of fused-ring (bicyclic) bond motifs is 1. The summed E-state index contributed by atoms with van der Waals surface area (Å²) in [5, 5.41) is 36.3. The van der Waals surface area contributed by atoms with E-state index in [1.807, 2.05) is 37.3 Å². The van der Waals surface area contributed by atoms with Crippen LogP contribution in [0.4, 0.5) is 5.82 Å². The third kappa shape index (κ3) is 5.65. The van der Waals surface area contributed by atoms with E-state index in [2.05, 4.69) is 37.8 Å². The molecule has 1 saturated carbocycles. The lowest BCUT2D eigenvalue weighted by molar-refractivity contribution is -0.128. The maximum absolute atomic E-state index is 12.4. The predicted molar refractivity (Wildman–Crippen MR) is 132 cm³/mol. The molecule has 1 aromatic carbocycles. The van der Waals surface area contributed by atoms with E-state index in [4.69, 9.17) is 4.74 Å². The summed E-state index contributed by atoms with van der Waals surface area (Å²) in [6.07, 6.45) is -1.19. The molecule has 2 heterocycles. The number of nitrogens with zero attached hydrogens (tertiary/aromatic N) is 5. The third-order valence-corrected chi connectivity index (χ3v) is 6.85. The van der Waals surface area contributed by atoms with Gasteiger partial charge in [-0.25, -0.2) is 14.6 Å². The highest BCUT2D eigenvalue weighted by Gasteiger charge is 2.47. The van der Waals surface area contributed by atoms with Crippen LogP contribution >= 0.6 is 11.8 Å². The number of para-hydroxylation sites is 1. The molecule has 12 heteroatoms. The Hall–Kier alpha value is -2.96. The van der Waals surface area contributed by atoms with Crippen molar-refractivity contribution in [1.82, 2.24) is 30.3 Å². The summed E-state index contributed by atoms with van der Waals surface area (Å²) in [4.78, 5) is 21.6. The molecule has 4 N–H and O–H groups in total. The number of rotatable bonds is 11. The first-order valence-electron chi connectivity index (χ1n) is 11.8. The second-order valence-corrected chi connectivity index (χ2v) is 9.35. The van der Waals surface area contributed by atoms with Gasteiger partial charge in [-0.2, -0.15) is 0 Å². The summed E-state index contributed by atoms with van der Waals surface area (Å²) >= 11 is 1.52. The highest BCUT2D eigenvalue weighted by Crippen LogP contribution is 2.37. The molecule has 11 nitrogen and oxygen atoms in total. The minimum Gasteiger partial charge on any atom is -0.492 e. The lowest BCUT2D eigenvalue weighted by Crippen LogP contribution is -2.38. The van der Waals surface area contributed by atoms with Crippen LogP contribution in [0.1, 0.15) is 32.7 Å². The summed E-state index contributed by atoms with van der Waals surface area (Å²) < 4.78 is 7.26. The van der Waals surface area contributed by atoms with Crippen molar-refractivity contribution in [2.75, 3.05) is 30.8 Å². The zero-order chi connectivity index (χ0) is 24.8. The van der Waals surface area contributed by atoms with Crippen LogP contribution in [0.25, 0.3) is 11.2 Å². The van der Waals surface area contributed by atoms with Gasteiger partial charge >= 0.3 is 0 Å².